The summed E-state index contributed by atoms with van der Waals surface area (Å²) in [4.78, 5) is 16.7. The topological polar surface area (TPSA) is 74.3 Å². The number of aliphatic hydroxyl groups excluding tert-OH is 1. The van der Waals surface area contributed by atoms with Crippen molar-refractivity contribution in [2.45, 2.75) is 12.6 Å². The van der Waals surface area contributed by atoms with Gasteiger partial charge in [0, 0.05) is 34.4 Å². The Bertz CT molecular complexity index is 1160. The van der Waals surface area contributed by atoms with Crippen LogP contribution in [-0.4, -0.2) is 23.0 Å². The third-order valence-corrected chi connectivity index (χ3v) is 5.02. The summed E-state index contributed by atoms with van der Waals surface area (Å²) >= 11 is 0. The smallest absolute Gasteiger partial charge is 0.191 e. The molecule has 3 aromatic carbocycles. The molecule has 0 aliphatic carbocycles. The second kappa shape index (κ2) is 8.39. The zero-order valence-electron chi connectivity index (χ0n) is 16.4. The summed E-state index contributed by atoms with van der Waals surface area (Å²) in [6, 6.07) is 17.9. The molecule has 6 heteroatoms. The third kappa shape index (κ3) is 3.90. The number of anilines is 1. The van der Waals surface area contributed by atoms with Crippen LogP contribution in [0.3, 0.4) is 0 Å². The zero-order valence-corrected chi connectivity index (χ0v) is 16.4. The number of hydrogen-bond acceptors (Lipinski definition) is 4. The molecule has 0 radical (unpaired) electrons. The van der Waals surface area contributed by atoms with Gasteiger partial charge in [0.2, 0.25) is 0 Å². The van der Waals surface area contributed by atoms with Crippen LogP contribution in [0.1, 0.15) is 27.5 Å². The highest BCUT2D eigenvalue weighted by Crippen LogP contribution is 2.30. The van der Waals surface area contributed by atoms with E-state index in [0.717, 1.165) is 10.9 Å². The van der Waals surface area contributed by atoms with Crippen LogP contribution in [0.15, 0.2) is 72.9 Å². The van der Waals surface area contributed by atoms with Crippen molar-refractivity contribution in [2.75, 3.05) is 12.4 Å². The van der Waals surface area contributed by atoms with Crippen LogP contribution < -0.4 is 10.1 Å². The molecule has 0 saturated heterocycles. The minimum atomic E-state index is -0.761. The van der Waals surface area contributed by atoms with Crippen LogP contribution in [0.25, 0.3) is 10.9 Å². The van der Waals surface area contributed by atoms with Gasteiger partial charge in [-0.1, -0.05) is 30.3 Å². The Kier molecular flexibility index (Phi) is 5.50. The molecular formula is C24H21FN2O3. The number of para-hydroxylation sites is 1. The lowest BCUT2D eigenvalue weighted by Gasteiger charge is -2.20. The fourth-order valence-corrected chi connectivity index (χ4v) is 3.51. The number of H-pyrrole nitrogens is 1. The van der Waals surface area contributed by atoms with Gasteiger partial charge in [-0.25, -0.2) is 4.39 Å². The lowest BCUT2D eigenvalue weighted by atomic mass is 9.96. The van der Waals surface area contributed by atoms with Crippen molar-refractivity contribution >= 4 is 22.4 Å². The summed E-state index contributed by atoms with van der Waals surface area (Å²) in [5.74, 6) is 0.0230. The Morgan fingerprint density at radius 3 is 2.63 bits per heavy atom. The number of ketones is 1. The second-order valence-electron chi connectivity index (χ2n) is 6.97. The van der Waals surface area contributed by atoms with Crippen molar-refractivity contribution in [1.29, 1.82) is 0 Å². The monoisotopic (exact) mass is 404 g/mol. The zero-order chi connectivity index (χ0) is 21.1. The van der Waals surface area contributed by atoms with E-state index >= 15 is 0 Å². The number of ether oxygens (including phenoxy) is 1. The van der Waals surface area contributed by atoms with E-state index < -0.39 is 6.04 Å². The predicted octanol–water partition coefficient (Wildman–Crippen LogP) is 4.84. The van der Waals surface area contributed by atoms with Crippen molar-refractivity contribution in [3.05, 3.63) is 95.4 Å². The lowest BCUT2D eigenvalue weighted by molar-refractivity contribution is 0.0971. The second-order valence-corrected chi connectivity index (χ2v) is 6.97. The van der Waals surface area contributed by atoms with Crippen LogP contribution >= 0.6 is 0 Å². The Labute approximate surface area is 173 Å². The van der Waals surface area contributed by atoms with Gasteiger partial charge in [0.1, 0.15) is 17.6 Å². The molecule has 0 saturated carbocycles. The molecule has 4 rings (SSSR count). The molecule has 1 unspecified atom stereocenters. The van der Waals surface area contributed by atoms with Gasteiger partial charge in [-0.05, 0) is 41.5 Å². The van der Waals surface area contributed by atoms with Crippen molar-refractivity contribution in [2.24, 2.45) is 0 Å². The Hall–Kier alpha value is -3.64. The normalized spacial score (nSPS) is 12.0. The fraction of sp³-hybridized carbons (Fsp3) is 0.125. The van der Waals surface area contributed by atoms with Crippen molar-refractivity contribution in [3.8, 4) is 5.75 Å². The number of carbonyl (C=O) groups excluding carboxylic acids is 1. The van der Waals surface area contributed by atoms with Gasteiger partial charge in [0.05, 0.1) is 13.7 Å². The molecular weight excluding hydrogens is 383 g/mol. The molecule has 30 heavy (non-hydrogen) atoms. The van der Waals surface area contributed by atoms with E-state index in [2.05, 4.69) is 10.3 Å². The molecule has 1 atom stereocenters. The number of fused-ring (bicyclic) bond motifs is 1. The van der Waals surface area contributed by atoms with Gasteiger partial charge < -0.3 is 20.1 Å². The first-order valence-electron chi connectivity index (χ1n) is 9.50. The highest BCUT2D eigenvalue weighted by atomic mass is 19.1. The standard InChI is InChI=1S/C24H21FN2O3/c1-30-19-11-15(14-28)10-18(12-19)27-23(16-6-8-17(25)9-7-16)24(29)21-13-26-22-5-3-2-4-20(21)22/h2-13,23,26-28H,14H2,1H3. The van der Waals surface area contributed by atoms with Crippen LogP contribution in [0.5, 0.6) is 5.75 Å². The molecule has 0 aliphatic rings. The molecule has 0 amide bonds. The molecule has 4 aromatic rings. The number of rotatable bonds is 7. The van der Waals surface area contributed by atoms with E-state index in [-0.39, 0.29) is 18.2 Å². The van der Waals surface area contributed by atoms with E-state index in [1.165, 1.54) is 19.2 Å². The van der Waals surface area contributed by atoms with E-state index in [4.69, 9.17) is 4.74 Å². The van der Waals surface area contributed by atoms with Crippen LogP contribution in [0.4, 0.5) is 10.1 Å². The van der Waals surface area contributed by atoms with Gasteiger partial charge in [0.15, 0.2) is 5.78 Å². The predicted molar refractivity (Wildman–Crippen MR) is 114 cm³/mol. The SMILES string of the molecule is COc1cc(CO)cc(NC(C(=O)c2c[nH]c3ccccc23)c2ccc(F)cc2)c1. The minimum absolute atomic E-state index is 0.160. The maximum Gasteiger partial charge on any atom is 0.191 e. The molecule has 1 heterocycles. The van der Waals surface area contributed by atoms with E-state index in [9.17, 15) is 14.3 Å². The van der Waals surface area contributed by atoms with E-state index in [0.29, 0.717) is 28.1 Å². The van der Waals surface area contributed by atoms with E-state index in [1.807, 2.05) is 24.3 Å². The molecule has 0 spiro atoms. The summed E-state index contributed by atoms with van der Waals surface area (Å²) in [6.07, 6.45) is 1.69. The average molecular weight is 404 g/mol. The third-order valence-electron chi connectivity index (χ3n) is 5.02. The first kappa shape index (κ1) is 19.7. The molecule has 0 aliphatic heterocycles. The number of carbonyl (C=O) groups is 1. The average Bonchev–Trinajstić information content (AvgIpc) is 3.21. The summed E-state index contributed by atoms with van der Waals surface area (Å²) in [6.45, 7) is -0.163. The Morgan fingerprint density at radius 2 is 1.90 bits per heavy atom. The van der Waals surface area contributed by atoms with Crippen molar-refractivity contribution in [3.63, 3.8) is 0 Å². The number of hydrogen-bond donors (Lipinski definition) is 3. The highest BCUT2D eigenvalue weighted by molar-refractivity contribution is 6.11. The number of benzene rings is 3. The number of aromatic amines is 1. The first-order valence-corrected chi connectivity index (χ1v) is 9.50. The lowest BCUT2D eigenvalue weighted by Crippen LogP contribution is -2.21. The van der Waals surface area contributed by atoms with Gasteiger partial charge >= 0.3 is 0 Å². The minimum Gasteiger partial charge on any atom is -0.497 e. The van der Waals surface area contributed by atoms with Crippen LogP contribution in [0.2, 0.25) is 0 Å². The van der Waals surface area contributed by atoms with Crippen molar-refractivity contribution < 1.29 is 19.0 Å². The molecule has 1 aromatic heterocycles. The highest BCUT2D eigenvalue weighted by Gasteiger charge is 2.25. The number of aliphatic hydroxyl groups is 1. The molecule has 0 bridgehead atoms. The van der Waals surface area contributed by atoms with Crippen molar-refractivity contribution in [1.82, 2.24) is 4.98 Å². The van der Waals surface area contributed by atoms with Crippen LogP contribution in [0, 0.1) is 5.82 Å². The van der Waals surface area contributed by atoms with Gasteiger partial charge in [0.25, 0.3) is 0 Å². The summed E-state index contributed by atoms with van der Waals surface area (Å²) in [5, 5.41) is 13.6. The molecule has 5 nitrogen and oxygen atoms in total. The summed E-state index contributed by atoms with van der Waals surface area (Å²) < 4.78 is 18.8. The number of aromatic nitrogens is 1. The first-order chi connectivity index (χ1) is 14.6. The molecule has 152 valence electrons. The maximum absolute atomic E-state index is 13.6. The largest absolute Gasteiger partial charge is 0.497 e. The fourth-order valence-electron chi connectivity index (χ4n) is 3.51. The molecule has 3 N–H and O–H groups in total. The van der Waals surface area contributed by atoms with Crippen LogP contribution in [-0.2, 0) is 6.61 Å². The number of Topliss-reactive ketones (excluding diaryl/α,β-unsaturated/α-hetero) is 1. The van der Waals surface area contributed by atoms with E-state index in [1.54, 1.807) is 36.5 Å². The summed E-state index contributed by atoms with van der Waals surface area (Å²) in [7, 11) is 1.54. The number of halogens is 1. The Balaban J connectivity index is 1.77. The number of methoxy groups -OCH3 is 1. The summed E-state index contributed by atoms with van der Waals surface area (Å²) in [5.41, 5.74) is 3.29. The Morgan fingerprint density at radius 1 is 1.13 bits per heavy atom. The van der Waals surface area contributed by atoms with Gasteiger partial charge in [-0.15, -0.1) is 0 Å². The van der Waals surface area contributed by atoms with Gasteiger partial charge in [-0.2, -0.15) is 0 Å². The maximum atomic E-state index is 13.6. The van der Waals surface area contributed by atoms with Gasteiger partial charge in [-0.3, -0.25) is 4.79 Å². The molecule has 0 fully saturated rings. The number of nitrogens with one attached hydrogen (secondary N) is 2. The quantitative estimate of drug-likeness (QED) is 0.385.